The van der Waals surface area contributed by atoms with Gasteiger partial charge in [-0.3, -0.25) is 14.1 Å². The third-order valence-corrected chi connectivity index (χ3v) is 6.17. The molecule has 1 aromatic heterocycles. The minimum Gasteiger partial charge on any atom is -0.383 e. The molecule has 0 aliphatic heterocycles. The van der Waals surface area contributed by atoms with Crippen molar-refractivity contribution >= 4 is 43.0 Å². The number of hydrogen-bond acceptors (Lipinski definition) is 8. The number of carbonyl (C=O) groups excluding carboxylic acids is 2. The van der Waals surface area contributed by atoms with Crippen LogP contribution in [0, 0.1) is 6.92 Å². The zero-order chi connectivity index (χ0) is 24.6. The number of nitrogens with two attached hydrogens (primary N) is 1. The lowest BCUT2D eigenvalue weighted by Gasteiger charge is -2.22. The Morgan fingerprint density at radius 1 is 1.39 bits per heavy atom. The van der Waals surface area contributed by atoms with E-state index >= 15 is 0 Å². The molecule has 12 heteroatoms. The Balaban J connectivity index is 2.34. The van der Waals surface area contributed by atoms with Gasteiger partial charge >= 0.3 is 7.82 Å². The van der Waals surface area contributed by atoms with Crippen molar-refractivity contribution < 1.29 is 28.5 Å². The predicted molar refractivity (Wildman–Crippen MR) is 127 cm³/mol. The molecule has 0 aliphatic rings. The summed E-state index contributed by atoms with van der Waals surface area (Å²) in [5.74, 6) is 0.706. The normalized spacial score (nSPS) is 12.1. The number of hydrogen-bond donors (Lipinski definition) is 3. The van der Waals surface area contributed by atoms with Crippen molar-refractivity contribution in [2.75, 3.05) is 12.3 Å². The molecule has 0 spiro atoms. The maximum absolute atomic E-state index is 12.9. The van der Waals surface area contributed by atoms with Gasteiger partial charge in [0.25, 0.3) is 0 Å². The van der Waals surface area contributed by atoms with Crippen LogP contribution in [-0.2, 0) is 20.4 Å². The van der Waals surface area contributed by atoms with E-state index in [1.807, 2.05) is 0 Å². The van der Waals surface area contributed by atoms with Crippen molar-refractivity contribution in [1.29, 1.82) is 0 Å². The molecule has 0 saturated heterocycles. The molecule has 10 nitrogen and oxygen atoms in total. The highest BCUT2D eigenvalue weighted by Gasteiger charge is 2.20. The van der Waals surface area contributed by atoms with Gasteiger partial charge in [0.2, 0.25) is 11.5 Å². The van der Waals surface area contributed by atoms with Gasteiger partial charge in [0, 0.05) is 34.3 Å². The van der Waals surface area contributed by atoms with Crippen LogP contribution >= 0.6 is 19.6 Å². The van der Waals surface area contributed by atoms with Gasteiger partial charge in [-0.15, -0.1) is 0 Å². The monoisotopic (exact) mass is 492 g/mol. The number of amides is 1. The molecule has 33 heavy (non-hydrogen) atoms. The van der Waals surface area contributed by atoms with E-state index in [4.69, 9.17) is 15.5 Å². The average Bonchev–Trinajstić information content (AvgIpc) is 2.76. The van der Waals surface area contributed by atoms with Crippen LogP contribution in [0.4, 0.5) is 5.82 Å². The third-order valence-electron chi connectivity index (χ3n) is 4.48. The second-order valence-electron chi connectivity index (χ2n) is 6.86. The average molecular weight is 492 g/mol. The van der Waals surface area contributed by atoms with E-state index in [1.54, 1.807) is 44.2 Å². The van der Waals surface area contributed by atoms with Crippen LogP contribution in [-0.4, -0.2) is 42.8 Å². The first-order valence-electron chi connectivity index (χ1n) is 9.68. The van der Waals surface area contributed by atoms with Gasteiger partial charge in [0.05, 0.1) is 13.2 Å². The van der Waals surface area contributed by atoms with Crippen LogP contribution < -0.4 is 5.73 Å². The number of carbonyl (C=O) groups is 2. The number of phosphoric ester groups is 1. The van der Waals surface area contributed by atoms with Crippen molar-refractivity contribution in [3.05, 3.63) is 70.2 Å². The van der Waals surface area contributed by atoms with Gasteiger partial charge in [0.15, 0.2) is 0 Å². The van der Waals surface area contributed by atoms with Crippen molar-refractivity contribution in [3.63, 3.8) is 0 Å². The molecule has 0 fully saturated rings. The molecule has 2 aromatic rings. The second kappa shape index (κ2) is 11.9. The van der Waals surface area contributed by atoms with Gasteiger partial charge in [0.1, 0.15) is 11.6 Å². The summed E-state index contributed by atoms with van der Waals surface area (Å²) in [6.45, 7) is 6.68. The van der Waals surface area contributed by atoms with Crippen LogP contribution in [0.2, 0.25) is 0 Å². The summed E-state index contributed by atoms with van der Waals surface area (Å²) in [6.07, 6.45) is 3.68. The highest BCUT2D eigenvalue weighted by molar-refractivity contribution is 8.17. The molecule has 0 atom stereocenters. The van der Waals surface area contributed by atoms with Gasteiger partial charge in [-0.1, -0.05) is 30.9 Å². The topological polar surface area (TPSA) is 156 Å². The summed E-state index contributed by atoms with van der Waals surface area (Å²) in [6, 6.07) is 6.83. The summed E-state index contributed by atoms with van der Waals surface area (Å²) in [5, 5.41) is -0.312. The lowest BCUT2D eigenvalue weighted by molar-refractivity contribution is -0.116. The minimum atomic E-state index is -4.70. The van der Waals surface area contributed by atoms with Gasteiger partial charge in [-0.05, 0) is 37.2 Å². The van der Waals surface area contributed by atoms with Crippen LogP contribution in [0.5, 0.6) is 0 Å². The van der Waals surface area contributed by atoms with E-state index in [0.717, 1.165) is 17.3 Å². The summed E-state index contributed by atoms with van der Waals surface area (Å²) in [5.41, 5.74) is 8.01. The summed E-state index contributed by atoms with van der Waals surface area (Å²) < 4.78 is 15.6. The zero-order valence-corrected chi connectivity index (χ0v) is 19.9. The molecule has 1 aromatic carbocycles. The first-order chi connectivity index (χ1) is 15.5. The summed E-state index contributed by atoms with van der Waals surface area (Å²) >= 11 is 0.847. The van der Waals surface area contributed by atoms with E-state index in [-0.39, 0.29) is 30.5 Å². The smallest absolute Gasteiger partial charge is 0.383 e. The fourth-order valence-electron chi connectivity index (χ4n) is 2.74. The summed E-state index contributed by atoms with van der Waals surface area (Å²) in [4.78, 5) is 52.6. The largest absolute Gasteiger partial charge is 0.469 e. The maximum Gasteiger partial charge on any atom is 0.469 e. The minimum absolute atomic E-state index is 0.0152. The van der Waals surface area contributed by atoms with Crippen LogP contribution in [0.15, 0.2) is 47.6 Å². The van der Waals surface area contributed by atoms with Crippen LogP contribution in [0.1, 0.15) is 40.7 Å². The van der Waals surface area contributed by atoms with Crippen LogP contribution in [0.3, 0.4) is 0 Å². The zero-order valence-electron chi connectivity index (χ0n) is 18.2. The molecule has 0 bridgehead atoms. The molecule has 0 saturated carbocycles. The molecule has 4 N–H and O–H groups in total. The number of nitrogens with zero attached hydrogens (tertiary/aromatic N) is 3. The number of benzene rings is 1. The Labute approximate surface area is 195 Å². The molecule has 0 aliphatic carbocycles. The van der Waals surface area contributed by atoms with Crippen molar-refractivity contribution in [1.82, 2.24) is 14.9 Å². The number of aryl methyl sites for hydroxylation is 1. The molecule has 2 rings (SSSR count). The number of phosphoric acid groups is 1. The quantitative estimate of drug-likeness (QED) is 0.314. The molecule has 1 amide bonds. The van der Waals surface area contributed by atoms with Crippen molar-refractivity contribution in [3.8, 4) is 0 Å². The van der Waals surface area contributed by atoms with Gasteiger partial charge in [-0.25, -0.2) is 14.5 Å². The number of nitrogen functional groups attached to an aromatic ring is 1. The number of rotatable bonds is 11. The van der Waals surface area contributed by atoms with Crippen molar-refractivity contribution in [2.45, 2.75) is 26.8 Å². The second-order valence-corrected chi connectivity index (χ2v) is 9.17. The predicted octanol–water partition coefficient (Wildman–Crippen LogP) is 3.27. The van der Waals surface area contributed by atoms with Gasteiger partial charge < -0.3 is 20.4 Å². The molecular weight excluding hydrogens is 467 g/mol. The maximum atomic E-state index is 12.9. The highest BCUT2D eigenvalue weighted by Crippen LogP contribution is 2.37. The van der Waals surface area contributed by atoms with E-state index in [1.165, 1.54) is 11.1 Å². The Bertz CT molecular complexity index is 1120. The first-order valence-corrected chi connectivity index (χ1v) is 12.0. The standard InChI is InChI=1S/C21H25N4O6PS/c1-4-16-6-5-7-17(10-16)21(27)33-19(8-9-31-32(28,29)30)14(2)25(13-26)12-18-11-23-15(3)24-20(18)22/h4-7,10-11,13H,1,8-9,12H2,2-3H3,(H2,22,23,24)(H2,28,29,30). The van der Waals surface area contributed by atoms with Crippen molar-refractivity contribution in [2.24, 2.45) is 0 Å². The number of aromatic nitrogens is 2. The summed E-state index contributed by atoms with van der Waals surface area (Å²) in [7, 11) is -4.70. The molecular formula is C21H25N4O6PS. The third kappa shape index (κ3) is 8.23. The number of anilines is 1. The van der Waals surface area contributed by atoms with E-state index in [0.29, 0.717) is 34.0 Å². The number of allylic oxidation sites excluding steroid dienone is 1. The fraction of sp³-hybridized carbons (Fsp3) is 0.238. The lowest BCUT2D eigenvalue weighted by atomic mass is 10.1. The molecule has 0 radical (unpaired) electrons. The van der Waals surface area contributed by atoms with Gasteiger partial charge in [-0.2, -0.15) is 0 Å². The molecule has 1 heterocycles. The number of thioether (sulfide) groups is 1. The van der Waals surface area contributed by atoms with Crippen LogP contribution in [0.25, 0.3) is 6.08 Å². The fourth-order valence-corrected chi connectivity index (χ4v) is 3.99. The molecule has 0 unspecified atom stereocenters. The SMILES string of the molecule is C=Cc1cccc(C(=O)SC(CCOP(=O)(O)O)=C(C)N(C=O)Cc2cnc(C)nc2N)c1. The Morgan fingerprint density at radius 2 is 2.12 bits per heavy atom. The van der Waals surface area contributed by atoms with E-state index in [9.17, 15) is 14.2 Å². The van der Waals surface area contributed by atoms with E-state index in [2.05, 4.69) is 21.1 Å². The first kappa shape index (κ1) is 26.4. The Morgan fingerprint density at radius 3 is 2.73 bits per heavy atom. The Kier molecular flexibility index (Phi) is 9.51. The van der Waals surface area contributed by atoms with E-state index < -0.39 is 7.82 Å². The highest BCUT2D eigenvalue weighted by atomic mass is 32.2. The lowest BCUT2D eigenvalue weighted by Crippen LogP contribution is -2.22. The molecule has 176 valence electrons. The Hall–Kier alpha value is -2.82.